The maximum atomic E-state index is 12.7. The van der Waals surface area contributed by atoms with E-state index < -0.39 is 0 Å². The predicted molar refractivity (Wildman–Crippen MR) is 60.2 cm³/mol. The van der Waals surface area contributed by atoms with E-state index in [0.29, 0.717) is 11.5 Å². The lowest BCUT2D eigenvalue weighted by molar-refractivity contribution is 0.457. The first-order chi connectivity index (χ1) is 7.09. The number of benzene rings is 1. The van der Waals surface area contributed by atoms with Gasteiger partial charge in [0.2, 0.25) is 0 Å². The van der Waals surface area contributed by atoms with E-state index in [2.05, 4.69) is 19.2 Å². The van der Waals surface area contributed by atoms with Crippen LogP contribution >= 0.6 is 0 Å². The van der Waals surface area contributed by atoms with Crippen LogP contribution in [0.15, 0.2) is 24.3 Å². The lowest BCUT2D eigenvalue weighted by Gasteiger charge is -2.17. The van der Waals surface area contributed by atoms with Gasteiger partial charge in [-0.1, -0.05) is 19.1 Å². The van der Waals surface area contributed by atoms with E-state index in [0.717, 1.165) is 12.1 Å². The largest absolute Gasteiger partial charge is 0.310 e. The average Bonchev–Trinajstić information content (AvgIpc) is 2.95. The third kappa shape index (κ3) is 2.78. The molecule has 1 fully saturated rings. The fraction of sp³-hybridized carbons (Fsp3) is 0.538. The van der Waals surface area contributed by atoms with Crippen LogP contribution in [0.1, 0.15) is 38.3 Å². The summed E-state index contributed by atoms with van der Waals surface area (Å²) in [5.41, 5.74) is 1.68. The van der Waals surface area contributed by atoms with E-state index in [1.807, 2.05) is 12.1 Å². The molecule has 1 aliphatic carbocycles. The Hall–Kier alpha value is -0.890. The van der Waals surface area contributed by atoms with Crippen molar-refractivity contribution >= 4 is 0 Å². The standard InChI is InChI=1S/C13H18FN/c1-10(15-9-13(2)7-8-13)11-3-5-12(14)6-4-11/h3-6,10,15H,7-9H2,1-2H3. The highest BCUT2D eigenvalue weighted by molar-refractivity contribution is 5.19. The van der Waals surface area contributed by atoms with Crippen molar-refractivity contribution in [2.75, 3.05) is 6.54 Å². The van der Waals surface area contributed by atoms with Crippen LogP contribution < -0.4 is 5.32 Å². The van der Waals surface area contributed by atoms with Crippen molar-refractivity contribution in [2.45, 2.75) is 32.7 Å². The van der Waals surface area contributed by atoms with Gasteiger partial charge >= 0.3 is 0 Å². The fourth-order valence-corrected chi connectivity index (χ4v) is 1.66. The van der Waals surface area contributed by atoms with Gasteiger partial charge in [0.05, 0.1) is 0 Å². The molecule has 0 bridgehead atoms. The summed E-state index contributed by atoms with van der Waals surface area (Å²) in [6.45, 7) is 5.49. The van der Waals surface area contributed by atoms with Crippen molar-refractivity contribution in [1.29, 1.82) is 0 Å². The van der Waals surface area contributed by atoms with Gasteiger partial charge in [-0.05, 0) is 42.9 Å². The molecular formula is C13H18FN. The van der Waals surface area contributed by atoms with Gasteiger partial charge in [-0.25, -0.2) is 4.39 Å². The highest BCUT2D eigenvalue weighted by Gasteiger charge is 2.36. The number of rotatable bonds is 4. The first-order valence-electron chi connectivity index (χ1n) is 5.58. The molecule has 0 radical (unpaired) electrons. The molecule has 1 N–H and O–H groups in total. The van der Waals surface area contributed by atoms with E-state index in [1.165, 1.54) is 25.0 Å². The minimum absolute atomic E-state index is 0.167. The van der Waals surface area contributed by atoms with E-state index in [4.69, 9.17) is 0 Å². The second kappa shape index (κ2) is 3.93. The van der Waals surface area contributed by atoms with Crippen LogP contribution in [0.2, 0.25) is 0 Å². The molecule has 2 heteroatoms. The van der Waals surface area contributed by atoms with Crippen LogP contribution in [0.3, 0.4) is 0 Å². The van der Waals surface area contributed by atoms with Gasteiger partial charge in [0.1, 0.15) is 5.82 Å². The summed E-state index contributed by atoms with van der Waals surface area (Å²) in [7, 11) is 0. The topological polar surface area (TPSA) is 12.0 Å². The van der Waals surface area contributed by atoms with Gasteiger partial charge in [-0.3, -0.25) is 0 Å². The number of nitrogens with one attached hydrogen (secondary N) is 1. The van der Waals surface area contributed by atoms with Crippen LogP contribution in [-0.4, -0.2) is 6.54 Å². The lowest BCUT2D eigenvalue weighted by Crippen LogP contribution is -2.25. The Labute approximate surface area is 90.7 Å². The third-order valence-corrected chi connectivity index (χ3v) is 3.31. The maximum absolute atomic E-state index is 12.7. The first-order valence-corrected chi connectivity index (χ1v) is 5.58. The van der Waals surface area contributed by atoms with E-state index in [9.17, 15) is 4.39 Å². The van der Waals surface area contributed by atoms with Crippen molar-refractivity contribution < 1.29 is 4.39 Å². The highest BCUT2D eigenvalue weighted by Crippen LogP contribution is 2.44. The van der Waals surface area contributed by atoms with Gasteiger partial charge < -0.3 is 5.32 Å². The molecule has 1 atom stereocenters. The van der Waals surface area contributed by atoms with E-state index in [-0.39, 0.29) is 5.82 Å². The summed E-state index contributed by atoms with van der Waals surface area (Å²) in [6.07, 6.45) is 2.66. The molecule has 2 rings (SSSR count). The molecule has 0 spiro atoms. The number of hydrogen-bond acceptors (Lipinski definition) is 1. The van der Waals surface area contributed by atoms with Gasteiger partial charge in [0.15, 0.2) is 0 Å². The molecule has 0 heterocycles. The van der Waals surface area contributed by atoms with Gasteiger partial charge in [-0.15, -0.1) is 0 Å². The van der Waals surface area contributed by atoms with Crippen molar-refractivity contribution in [3.8, 4) is 0 Å². The quantitative estimate of drug-likeness (QED) is 0.799. The summed E-state index contributed by atoms with van der Waals surface area (Å²) in [4.78, 5) is 0. The zero-order valence-electron chi connectivity index (χ0n) is 9.39. The van der Waals surface area contributed by atoms with Crippen LogP contribution in [0.4, 0.5) is 4.39 Å². The normalized spacial score (nSPS) is 19.9. The Balaban J connectivity index is 1.89. The Morgan fingerprint density at radius 1 is 1.33 bits per heavy atom. The summed E-state index contributed by atoms with van der Waals surface area (Å²) >= 11 is 0. The SMILES string of the molecule is CC(NCC1(C)CC1)c1ccc(F)cc1. The van der Waals surface area contributed by atoms with Crippen LogP contribution in [0.25, 0.3) is 0 Å². The molecular weight excluding hydrogens is 189 g/mol. The molecule has 1 aromatic carbocycles. The first kappa shape index (κ1) is 10.6. The monoisotopic (exact) mass is 207 g/mol. The number of halogens is 1. The molecule has 1 nitrogen and oxygen atoms in total. The summed E-state index contributed by atoms with van der Waals surface area (Å²) in [5, 5.41) is 3.50. The third-order valence-electron chi connectivity index (χ3n) is 3.31. The minimum atomic E-state index is -0.167. The summed E-state index contributed by atoms with van der Waals surface area (Å²) < 4.78 is 12.7. The van der Waals surface area contributed by atoms with Crippen LogP contribution in [0.5, 0.6) is 0 Å². The Kier molecular flexibility index (Phi) is 2.79. The molecule has 0 saturated heterocycles. The maximum Gasteiger partial charge on any atom is 0.123 e. The lowest BCUT2D eigenvalue weighted by atomic mass is 10.1. The Morgan fingerprint density at radius 2 is 1.93 bits per heavy atom. The Morgan fingerprint density at radius 3 is 2.47 bits per heavy atom. The van der Waals surface area contributed by atoms with Crippen LogP contribution in [0, 0.1) is 11.2 Å². The molecule has 82 valence electrons. The van der Waals surface area contributed by atoms with Gasteiger partial charge in [-0.2, -0.15) is 0 Å². The molecule has 0 aromatic heterocycles. The zero-order valence-corrected chi connectivity index (χ0v) is 9.39. The second-order valence-corrected chi connectivity index (χ2v) is 4.96. The second-order valence-electron chi connectivity index (χ2n) is 4.96. The molecule has 1 aromatic rings. The van der Waals surface area contributed by atoms with E-state index >= 15 is 0 Å². The molecule has 1 unspecified atom stereocenters. The highest BCUT2D eigenvalue weighted by atomic mass is 19.1. The average molecular weight is 207 g/mol. The molecule has 15 heavy (non-hydrogen) atoms. The van der Waals surface area contributed by atoms with E-state index in [1.54, 1.807) is 0 Å². The van der Waals surface area contributed by atoms with Gasteiger partial charge in [0.25, 0.3) is 0 Å². The van der Waals surface area contributed by atoms with Crippen molar-refractivity contribution in [3.05, 3.63) is 35.6 Å². The van der Waals surface area contributed by atoms with Crippen molar-refractivity contribution in [2.24, 2.45) is 5.41 Å². The van der Waals surface area contributed by atoms with Crippen molar-refractivity contribution in [3.63, 3.8) is 0 Å². The van der Waals surface area contributed by atoms with Gasteiger partial charge in [0, 0.05) is 12.6 Å². The minimum Gasteiger partial charge on any atom is -0.310 e. The molecule has 0 aliphatic heterocycles. The fourth-order valence-electron chi connectivity index (χ4n) is 1.66. The molecule has 1 saturated carbocycles. The van der Waals surface area contributed by atoms with Crippen molar-refractivity contribution in [1.82, 2.24) is 5.32 Å². The molecule has 0 amide bonds. The summed E-state index contributed by atoms with van der Waals surface area (Å²) in [6, 6.07) is 7.05. The van der Waals surface area contributed by atoms with Crippen LogP contribution in [-0.2, 0) is 0 Å². The Bertz CT molecular complexity index is 327. The summed E-state index contributed by atoms with van der Waals surface area (Å²) in [5.74, 6) is -0.167. The predicted octanol–water partition coefficient (Wildman–Crippen LogP) is 3.28. The zero-order chi connectivity index (χ0) is 10.9. The number of hydrogen-bond donors (Lipinski definition) is 1. The molecule has 1 aliphatic rings. The smallest absolute Gasteiger partial charge is 0.123 e.